The van der Waals surface area contributed by atoms with Gasteiger partial charge in [0.1, 0.15) is 6.07 Å². The Morgan fingerprint density at radius 1 is 1.67 bits per heavy atom. The van der Waals surface area contributed by atoms with Crippen molar-refractivity contribution in [3.8, 4) is 6.07 Å². The van der Waals surface area contributed by atoms with Crippen LogP contribution in [0.25, 0.3) is 0 Å². The summed E-state index contributed by atoms with van der Waals surface area (Å²) in [5.74, 6) is -0.548. The quantitative estimate of drug-likeness (QED) is 0.827. The van der Waals surface area contributed by atoms with E-state index in [4.69, 9.17) is 11.0 Å². The molecule has 0 aliphatic rings. The van der Waals surface area contributed by atoms with Gasteiger partial charge in [-0.15, -0.1) is 0 Å². The van der Waals surface area contributed by atoms with E-state index in [1.807, 2.05) is 6.07 Å². The summed E-state index contributed by atoms with van der Waals surface area (Å²) in [6.07, 6.45) is 0. The molecule has 0 saturated carbocycles. The number of carbonyl (C=O) groups excluding carboxylic acids is 1. The first-order valence-corrected chi connectivity index (χ1v) is 4.94. The second kappa shape index (κ2) is 4.91. The Morgan fingerprint density at radius 2 is 2.33 bits per heavy atom. The van der Waals surface area contributed by atoms with Gasteiger partial charge in [-0.2, -0.15) is 5.26 Å². The summed E-state index contributed by atoms with van der Waals surface area (Å²) >= 11 is 3.20. The number of hydrogen-bond acceptors (Lipinski definition) is 4. The van der Waals surface area contributed by atoms with E-state index < -0.39 is 5.97 Å². The first-order chi connectivity index (χ1) is 7.15. The first-order valence-electron chi connectivity index (χ1n) is 4.15. The average molecular weight is 269 g/mol. The van der Waals surface area contributed by atoms with Crippen molar-refractivity contribution >= 4 is 21.9 Å². The SMILES string of the molecule is COC(=O)c1c(CN)ccc(Br)c1C#N. The fourth-order valence-electron chi connectivity index (χ4n) is 1.24. The monoisotopic (exact) mass is 268 g/mol. The number of esters is 1. The Kier molecular flexibility index (Phi) is 3.83. The summed E-state index contributed by atoms with van der Waals surface area (Å²) in [7, 11) is 1.27. The van der Waals surface area contributed by atoms with Crippen LogP contribution in [0.5, 0.6) is 0 Å². The van der Waals surface area contributed by atoms with Crippen LogP contribution in [-0.4, -0.2) is 13.1 Å². The largest absolute Gasteiger partial charge is 0.465 e. The third-order valence-corrected chi connectivity index (χ3v) is 2.62. The lowest BCUT2D eigenvalue weighted by Gasteiger charge is -2.08. The minimum atomic E-state index is -0.548. The molecule has 0 aliphatic carbocycles. The Balaban J connectivity index is 3.49. The van der Waals surface area contributed by atoms with Gasteiger partial charge in [0.2, 0.25) is 0 Å². The fraction of sp³-hybridized carbons (Fsp3) is 0.200. The number of methoxy groups -OCH3 is 1. The molecule has 2 N–H and O–H groups in total. The number of carbonyl (C=O) groups is 1. The van der Waals surface area contributed by atoms with Gasteiger partial charge in [0.05, 0.1) is 18.2 Å². The molecule has 0 aromatic heterocycles. The maximum Gasteiger partial charge on any atom is 0.339 e. The van der Waals surface area contributed by atoms with Gasteiger partial charge in [0.25, 0.3) is 0 Å². The van der Waals surface area contributed by atoms with Crippen LogP contribution in [0.4, 0.5) is 0 Å². The van der Waals surface area contributed by atoms with Crippen LogP contribution in [0.1, 0.15) is 21.5 Å². The predicted molar refractivity (Wildman–Crippen MR) is 58.1 cm³/mol. The molecule has 0 spiro atoms. The lowest BCUT2D eigenvalue weighted by atomic mass is 10.0. The molecule has 0 radical (unpaired) electrons. The summed E-state index contributed by atoms with van der Waals surface area (Å²) in [6, 6.07) is 5.33. The van der Waals surface area contributed by atoms with Crippen LogP contribution in [0.2, 0.25) is 0 Å². The summed E-state index contributed by atoms with van der Waals surface area (Å²) < 4.78 is 5.17. The third-order valence-electron chi connectivity index (χ3n) is 1.96. The fourth-order valence-corrected chi connectivity index (χ4v) is 1.65. The van der Waals surface area contributed by atoms with Gasteiger partial charge in [-0.25, -0.2) is 4.79 Å². The topological polar surface area (TPSA) is 76.1 Å². The molecule has 0 atom stereocenters. The molecule has 1 aromatic carbocycles. The van der Waals surface area contributed by atoms with Crippen LogP contribution < -0.4 is 5.73 Å². The molecule has 0 bridgehead atoms. The highest BCUT2D eigenvalue weighted by Gasteiger charge is 2.18. The minimum absolute atomic E-state index is 0.187. The molecule has 4 nitrogen and oxygen atoms in total. The molecule has 0 fully saturated rings. The lowest BCUT2D eigenvalue weighted by molar-refractivity contribution is 0.0599. The van der Waals surface area contributed by atoms with E-state index in [2.05, 4.69) is 20.7 Å². The summed E-state index contributed by atoms with van der Waals surface area (Å²) in [6.45, 7) is 0.187. The molecule has 1 aromatic rings. The normalized spacial score (nSPS) is 9.47. The van der Waals surface area contributed by atoms with Crippen LogP contribution in [0.3, 0.4) is 0 Å². The van der Waals surface area contributed by atoms with Crippen LogP contribution >= 0.6 is 15.9 Å². The molecular formula is C10H9BrN2O2. The lowest BCUT2D eigenvalue weighted by Crippen LogP contribution is -2.11. The van der Waals surface area contributed by atoms with Crippen molar-refractivity contribution < 1.29 is 9.53 Å². The van der Waals surface area contributed by atoms with Gasteiger partial charge in [0, 0.05) is 11.0 Å². The highest BCUT2D eigenvalue weighted by Crippen LogP contribution is 2.23. The second-order valence-corrected chi connectivity index (χ2v) is 3.62. The smallest absolute Gasteiger partial charge is 0.339 e. The standard InChI is InChI=1S/C10H9BrN2O2/c1-15-10(14)9-6(4-12)2-3-8(11)7(9)5-13/h2-3H,4,12H2,1H3. The number of nitriles is 1. The van der Waals surface area contributed by atoms with Gasteiger partial charge in [-0.1, -0.05) is 6.07 Å². The van der Waals surface area contributed by atoms with Gasteiger partial charge in [0.15, 0.2) is 0 Å². The molecule has 0 unspecified atom stereocenters. The maximum absolute atomic E-state index is 11.5. The van der Waals surface area contributed by atoms with Crippen molar-refractivity contribution in [1.82, 2.24) is 0 Å². The molecule has 0 amide bonds. The van der Waals surface area contributed by atoms with E-state index in [0.717, 1.165) is 0 Å². The van der Waals surface area contributed by atoms with E-state index in [-0.39, 0.29) is 17.7 Å². The molecular weight excluding hydrogens is 260 g/mol. The number of nitrogens with zero attached hydrogens (tertiary/aromatic N) is 1. The number of rotatable bonds is 2. The number of hydrogen-bond donors (Lipinski definition) is 1. The highest BCUT2D eigenvalue weighted by atomic mass is 79.9. The van der Waals surface area contributed by atoms with Crippen molar-refractivity contribution in [1.29, 1.82) is 5.26 Å². The van der Waals surface area contributed by atoms with Crippen LogP contribution in [0.15, 0.2) is 16.6 Å². The van der Waals surface area contributed by atoms with E-state index >= 15 is 0 Å². The first kappa shape index (κ1) is 11.7. The Morgan fingerprint density at radius 3 is 2.80 bits per heavy atom. The predicted octanol–water partition coefficient (Wildman–Crippen LogP) is 1.57. The van der Waals surface area contributed by atoms with Crippen molar-refractivity contribution in [2.75, 3.05) is 7.11 Å². The number of nitrogens with two attached hydrogens (primary N) is 1. The van der Waals surface area contributed by atoms with Crippen molar-refractivity contribution in [2.24, 2.45) is 5.73 Å². The van der Waals surface area contributed by atoms with Crippen molar-refractivity contribution in [2.45, 2.75) is 6.54 Å². The Bertz CT molecular complexity index is 438. The Labute approximate surface area is 95.8 Å². The van der Waals surface area contributed by atoms with Crippen LogP contribution in [-0.2, 0) is 11.3 Å². The molecule has 78 valence electrons. The zero-order valence-electron chi connectivity index (χ0n) is 8.08. The number of halogens is 1. The zero-order chi connectivity index (χ0) is 11.4. The average Bonchev–Trinajstić information content (AvgIpc) is 2.27. The molecule has 0 aliphatic heterocycles. The van der Waals surface area contributed by atoms with Gasteiger partial charge in [-0.05, 0) is 27.6 Å². The molecule has 1 rings (SSSR count). The third kappa shape index (κ3) is 2.17. The van der Waals surface area contributed by atoms with Gasteiger partial charge < -0.3 is 10.5 Å². The Hall–Kier alpha value is -1.38. The maximum atomic E-state index is 11.5. The zero-order valence-corrected chi connectivity index (χ0v) is 9.67. The van der Waals surface area contributed by atoms with E-state index in [1.54, 1.807) is 12.1 Å². The van der Waals surface area contributed by atoms with Gasteiger partial charge in [-0.3, -0.25) is 0 Å². The molecule has 0 saturated heterocycles. The van der Waals surface area contributed by atoms with Gasteiger partial charge >= 0.3 is 5.97 Å². The molecule has 5 heteroatoms. The van der Waals surface area contributed by atoms with Crippen molar-refractivity contribution in [3.63, 3.8) is 0 Å². The van der Waals surface area contributed by atoms with E-state index in [0.29, 0.717) is 10.0 Å². The van der Waals surface area contributed by atoms with E-state index in [9.17, 15) is 4.79 Å². The van der Waals surface area contributed by atoms with Crippen molar-refractivity contribution in [3.05, 3.63) is 33.3 Å². The number of benzene rings is 1. The number of ether oxygens (including phenoxy) is 1. The highest BCUT2D eigenvalue weighted by molar-refractivity contribution is 9.10. The molecule has 0 heterocycles. The minimum Gasteiger partial charge on any atom is -0.465 e. The summed E-state index contributed by atoms with van der Waals surface area (Å²) in [5, 5.41) is 8.94. The van der Waals surface area contributed by atoms with Crippen LogP contribution in [0, 0.1) is 11.3 Å². The summed E-state index contributed by atoms with van der Waals surface area (Å²) in [4.78, 5) is 11.5. The second-order valence-electron chi connectivity index (χ2n) is 2.76. The van der Waals surface area contributed by atoms with E-state index in [1.165, 1.54) is 7.11 Å². The summed E-state index contributed by atoms with van der Waals surface area (Å²) in [5.41, 5.74) is 6.57. The molecule has 15 heavy (non-hydrogen) atoms.